The number of carbonyl (C=O) groups is 4. The lowest BCUT2D eigenvalue weighted by atomic mass is 10.2. The summed E-state index contributed by atoms with van der Waals surface area (Å²) in [7, 11) is 0. The Bertz CT molecular complexity index is 975. The molecule has 0 aliphatic rings. The standard InChI is InChI=1S/C23H25ClN2O6/c1-3-31-23(30)16-8-11-17(12-9-16)25-21(28)14-32-22(29)6-4-5-20(27)26-18-10-7-15(2)19(24)13-18/h7-13H,3-6,14H2,1-2H3,(H,25,28)(H,26,27). The van der Waals surface area contributed by atoms with Crippen LogP contribution in [0.25, 0.3) is 0 Å². The van der Waals surface area contributed by atoms with Gasteiger partial charge >= 0.3 is 11.9 Å². The summed E-state index contributed by atoms with van der Waals surface area (Å²) in [6.07, 6.45) is 0.407. The number of hydrogen-bond donors (Lipinski definition) is 2. The first-order chi connectivity index (χ1) is 15.3. The highest BCUT2D eigenvalue weighted by atomic mass is 35.5. The van der Waals surface area contributed by atoms with Crippen LogP contribution in [0.15, 0.2) is 42.5 Å². The molecule has 2 N–H and O–H groups in total. The van der Waals surface area contributed by atoms with Crippen molar-refractivity contribution in [1.29, 1.82) is 0 Å². The number of carbonyl (C=O) groups excluding carboxylic acids is 4. The minimum atomic E-state index is -0.580. The van der Waals surface area contributed by atoms with E-state index in [1.54, 1.807) is 37.3 Å². The quantitative estimate of drug-likeness (QED) is 0.516. The van der Waals surface area contributed by atoms with Crippen molar-refractivity contribution in [3.63, 3.8) is 0 Å². The number of esters is 2. The van der Waals surface area contributed by atoms with Gasteiger partial charge in [0.25, 0.3) is 5.91 Å². The van der Waals surface area contributed by atoms with E-state index in [2.05, 4.69) is 10.6 Å². The first-order valence-electron chi connectivity index (χ1n) is 10.1. The second-order valence-electron chi connectivity index (χ2n) is 6.87. The molecule has 2 amide bonds. The highest BCUT2D eigenvalue weighted by Crippen LogP contribution is 2.20. The van der Waals surface area contributed by atoms with Crippen molar-refractivity contribution >= 4 is 46.7 Å². The fourth-order valence-electron chi connectivity index (χ4n) is 2.61. The van der Waals surface area contributed by atoms with Gasteiger partial charge in [0.15, 0.2) is 6.61 Å². The van der Waals surface area contributed by atoms with Gasteiger partial charge in [0.05, 0.1) is 12.2 Å². The first kappa shape index (κ1) is 24.9. The van der Waals surface area contributed by atoms with Crippen LogP contribution in [0.1, 0.15) is 42.1 Å². The number of anilines is 2. The molecule has 0 heterocycles. The highest BCUT2D eigenvalue weighted by Gasteiger charge is 2.11. The number of hydrogen-bond acceptors (Lipinski definition) is 6. The van der Waals surface area contributed by atoms with Gasteiger partial charge in [0.2, 0.25) is 5.91 Å². The molecule has 0 bridgehead atoms. The maximum Gasteiger partial charge on any atom is 0.338 e. The Morgan fingerprint density at radius 1 is 0.875 bits per heavy atom. The Balaban J connectivity index is 1.65. The molecule has 0 aromatic heterocycles. The third-order valence-corrected chi connectivity index (χ3v) is 4.69. The zero-order valence-corrected chi connectivity index (χ0v) is 18.7. The molecule has 2 aromatic rings. The number of nitrogens with one attached hydrogen (secondary N) is 2. The third-order valence-electron chi connectivity index (χ3n) is 4.28. The molecule has 0 unspecified atom stereocenters. The number of ether oxygens (including phenoxy) is 2. The van der Waals surface area contributed by atoms with Gasteiger partial charge in [-0.25, -0.2) is 4.79 Å². The average Bonchev–Trinajstić information content (AvgIpc) is 2.75. The van der Waals surface area contributed by atoms with Gasteiger partial charge < -0.3 is 20.1 Å². The van der Waals surface area contributed by atoms with E-state index in [1.807, 2.05) is 6.92 Å². The van der Waals surface area contributed by atoms with Crippen LogP contribution in [0.4, 0.5) is 11.4 Å². The lowest BCUT2D eigenvalue weighted by Crippen LogP contribution is -2.21. The SMILES string of the molecule is CCOC(=O)c1ccc(NC(=O)COC(=O)CCCC(=O)Nc2ccc(C)c(Cl)c2)cc1. The number of rotatable bonds is 10. The van der Waals surface area contributed by atoms with Crippen LogP contribution in [-0.2, 0) is 23.9 Å². The van der Waals surface area contributed by atoms with Crippen LogP contribution >= 0.6 is 11.6 Å². The van der Waals surface area contributed by atoms with Crippen LogP contribution in [-0.4, -0.2) is 37.0 Å². The first-order valence-corrected chi connectivity index (χ1v) is 10.4. The maximum atomic E-state index is 12.0. The molecular weight excluding hydrogens is 436 g/mol. The van der Waals surface area contributed by atoms with Crippen molar-refractivity contribution in [2.75, 3.05) is 23.8 Å². The predicted octanol–water partition coefficient (Wildman–Crippen LogP) is 4.12. The second-order valence-corrected chi connectivity index (χ2v) is 7.28. The van der Waals surface area contributed by atoms with Crippen LogP contribution < -0.4 is 10.6 Å². The van der Waals surface area contributed by atoms with Gasteiger partial charge in [0.1, 0.15) is 0 Å². The molecule has 8 nitrogen and oxygen atoms in total. The van der Waals surface area contributed by atoms with E-state index in [9.17, 15) is 19.2 Å². The molecule has 0 fully saturated rings. The van der Waals surface area contributed by atoms with E-state index in [-0.39, 0.29) is 31.8 Å². The second kappa shape index (κ2) is 12.5. The highest BCUT2D eigenvalue weighted by molar-refractivity contribution is 6.31. The van der Waals surface area contributed by atoms with E-state index in [0.29, 0.717) is 22.0 Å². The summed E-state index contributed by atoms with van der Waals surface area (Å²) >= 11 is 6.02. The Labute approximate surface area is 191 Å². The summed E-state index contributed by atoms with van der Waals surface area (Å²) in [6.45, 7) is 3.40. The fourth-order valence-corrected chi connectivity index (χ4v) is 2.79. The van der Waals surface area contributed by atoms with Crippen molar-refractivity contribution in [1.82, 2.24) is 0 Å². The largest absolute Gasteiger partial charge is 0.462 e. The van der Waals surface area contributed by atoms with Gasteiger partial charge in [0, 0.05) is 29.2 Å². The van der Waals surface area contributed by atoms with Crippen molar-refractivity contribution in [2.45, 2.75) is 33.1 Å². The molecule has 0 saturated carbocycles. The molecule has 0 saturated heterocycles. The Kier molecular flexibility index (Phi) is 9.69. The summed E-state index contributed by atoms with van der Waals surface area (Å²) < 4.78 is 9.81. The fraction of sp³-hybridized carbons (Fsp3) is 0.304. The van der Waals surface area contributed by atoms with Crippen LogP contribution in [0.2, 0.25) is 5.02 Å². The van der Waals surface area contributed by atoms with Crippen molar-refractivity contribution < 1.29 is 28.7 Å². The van der Waals surface area contributed by atoms with Crippen molar-refractivity contribution in [3.8, 4) is 0 Å². The molecule has 0 radical (unpaired) electrons. The monoisotopic (exact) mass is 460 g/mol. The van der Waals surface area contributed by atoms with Crippen molar-refractivity contribution in [3.05, 3.63) is 58.6 Å². The van der Waals surface area contributed by atoms with Gasteiger partial charge in [-0.2, -0.15) is 0 Å². The van der Waals surface area contributed by atoms with E-state index < -0.39 is 24.5 Å². The summed E-state index contributed by atoms with van der Waals surface area (Å²) in [5.74, 6) is -1.79. The molecule has 2 rings (SSSR count). The molecule has 32 heavy (non-hydrogen) atoms. The molecular formula is C23H25ClN2O6. The molecule has 9 heteroatoms. The Hall–Kier alpha value is -3.39. The van der Waals surface area contributed by atoms with E-state index in [4.69, 9.17) is 21.1 Å². The average molecular weight is 461 g/mol. The topological polar surface area (TPSA) is 111 Å². The summed E-state index contributed by atoms with van der Waals surface area (Å²) in [4.78, 5) is 47.3. The number of benzene rings is 2. The van der Waals surface area contributed by atoms with E-state index >= 15 is 0 Å². The van der Waals surface area contributed by atoms with Gasteiger partial charge in [-0.05, 0) is 62.2 Å². The number of amides is 2. The van der Waals surface area contributed by atoms with Crippen molar-refractivity contribution in [2.24, 2.45) is 0 Å². The third kappa shape index (κ3) is 8.39. The minimum absolute atomic E-state index is 0.00356. The number of aryl methyl sites for hydroxylation is 1. The van der Waals surface area contributed by atoms with E-state index in [1.165, 1.54) is 12.1 Å². The smallest absolute Gasteiger partial charge is 0.338 e. The lowest BCUT2D eigenvalue weighted by molar-refractivity contribution is -0.147. The van der Waals surface area contributed by atoms with Gasteiger partial charge in [-0.3, -0.25) is 14.4 Å². The lowest BCUT2D eigenvalue weighted by Gasteiger charge is -2.08. The summed E-state index contributed by atoms with van der Waals surface area (Å²) in [6, 6.07) is 11.3. The van der Waals surface area contributed by atoms with Crippen LogP contribution in [0.5, 0.6) is 0 Å². The molecule has 170 valence electrons. The summed E-state index contributed by atoms with van der Waals surface area (Å²) in [5, 5.41) is 5.83. The zero-order chi connectivity index (χ0) is 23.5. The maximum absolute atomic E-state index is 12.0. The Morgan fingerprint density at radius 3 is 2.19 bits per heavy atom. The van der Waals surface area contributed by atoms with E-state index in [0.717, 1.165) is 5.56 Å². The molecule has 0 atom stereocenters. The normalized spacial score (nSPS) is 10.2. The molecule has 0 spiro atoms. The number of halogens is 1. The summed E-state index contributed by atoms with van der Waals surface area (Å²) in [5.41, 5.74) is 2.31. The van der Waals surface area contributed by atoms with Gasteiger partial charge in [-0.15, -0.1) is 0 Å². The van der Waals surface area contributed by atoms with Crippen LogP contribution in [0, 0.1) is 6.92 Å². The molecule has 2 aromatic carbocycles. The van der Waals surface area contributed by atoms with Crippen LogP contribution in [0.3, 0.4) is 0 Å². The molecule has 0 aliphatic carbocycles. The van der Waals surface area contributed by atoms with Gasteiger partial charge in [-0.1, -0.05) is 17.7 Å². The molecule has 0 aliphatic heterocycles. The Morgan fingerprint density at radius 2 is 1.53 bits per heavy atom. The zero-order valence-electron chi connectivity index (χ0n) is 17.9. The minimum Gasteiger partial charge on any atom is -0.462 e. The predicted molar refractivity (Wildman–Crippen MR) is 121 cm³/mol.